The number of nitrogens with zero attached hydrogens (tertiary/aromatic N) is 1. The van der Waals surface area contributed by atoms with Crippen LogP contribution >= 0.6 is 15.9 Å². The topological polar surface area (TPSA) is 32.7 Å². The number of hydrogen-bond acceptors (Lipinski definition) is 3. The fourth-order valence-corrected chi connectivity index (χ4v) is 1.93. The van der Waals surface area contributed by atoms with Crippen LogP contribution in [-0.2, 0) is 11.3 Å². The van der Waals surface area contributed by atoms with Gasteiger partial charge in [0.1, 0.15) is 0 Å². The van der Waals surface area contributed by atoms with Gasteiger partial charge in [-0.2, -0.15) is 0 Å². The highest BCUT2D eigenvalue weighted by Gasteiger charge is 2.07. The molecule has 0 aliphatic heterocycles. The van der Waals surface area contributed by atoms with Gasteiger partial charge in [-0.15, -0.1) is 0 Å². The van der Waals surface area contributed by atoms with E-state index >= 15 is 0 Å². The lowest BCUT2D eigenvalue weighted by Gasteiger charge is -2.22. The maximum absolute atomic E-state index is 9.28. The summed E-state index contributed by atoms with van der Waals surface area (Å²) >= 11 is 3.40. The normalized spacial score (nSPS) is 10.5. The lowest BCUT2D eigenvalue weighted by atomic mass is 10.2. The van der Waals surface area contributed by atoms with Crippen molar-refractivity contribution in [2.45, 2.75) is 13.5 Å². The summed E-state index contributed by atoms with van der Waals surface area (Å²) in [6, 6.07) is 5.92. The van der Waals surface area contributed by atoms with Crippen LogP contribution < -0.4 is 4.90 Å². The van der Waals surface area contributed by atoms with E-state index in [1.165, 1.54) is 0 Å². The highest BCUT2D eigenvalue weighted by molar-refractivity contribution is 9.10. The Morgan fingerprint density at radius 2 is 2.19 bits per heavy atom. The SMILES string of the molecule is CCOCCN(C)c1ccc(Br)cc1CO. The van der Waals surface area contributed by atoms with Crippen LogP contribution in [0.25, 0.3) is 0 Å². The molecule has 0 aliphatic rings. The molecule has 1 aromatic carbocycles. The second-order valence-corrected chi connectivity index (χ2v) is 4.47. The molecule has 0 unspecified atom stereocenters. The zero-order valence-corrected chi connectivity index (χ0v) is 11.3. The fraction of sp³-hybridized carbons (Fsp3) is 0.500. The molecule has 0 saturated heterocycles. The molecule has 4 heteroatoms. The summed E-state index contributed by atoms with van der Waals surface area (Å²) in [5.74, 6) is 0. The van der Waals surface area contributed by atoms with E-state index in [1.54, 1.807) is 0 Å². The van der Waals surface area contributed by atoms with Crippen LogP contribution in [0, 0.1) is 0 Å². The second kappa shape index (κ2) is 6.89. The zero-order chi connectivity index (χ0) is 12.0. The molecular formula is C12H18BrNO2. The summed E-state index contributed by atoms with van der Waals surface area (Å²) in [5.41, 5.74) is 1.97. The van der Waals surface area contributed by atoms with Crippen molar-refractivity contribution >= 4 is 21.6 Å². The van der Waals surface area contributed by atoms with E-state index in [9.17, 15) is 5.11 Å². The monoisotopic (exact) mass is 287 g/mol. The van der Waals surface area contributed by atoms with Crippen molar-refractivity contribution in [3.63, 3.8) is 0 Å². The molecular weight excluding hydrogens is 270 g/mol. The summed E-state index contributed by atoms with van der Waals surface area (Å²) in [4.78, 5) is 2.09. The van der Waals surface area contributed by atoms with Crippen LogP contribution in [-0.4, -0.2) is 31.9 Å². The Labute approximate surface area is 105 Å². The molecule has 3 nitrogen and oxygen atoms in total. The molecule has 0 heterocycles. The number of rotatable bonds is 6. The lowest BCUT2D eigenvalue weighted by Crippen LogP contribution is -2.23. The van der Waals surface area contributed by atoms with E-state index < -0.39 is 0 Å². The van der Waals surface area contributed by atoms with Gasteiger partial charge in [0.15, 0.2) is 0 Å². The van der Waals surface area contributed by atoms with E-state index in [1.807, 2.05) is 32.2 Å². The standard InChI is InChI=1S/C12H18BrNO2/c1-3-16-7-6-14(2)12-5-4-11(13)8-10(12)9-15/h4-5,8,15H,3,6-7,9H2,1-2H3. The van der Waals surface area contributed by atoms with Crippen molar-refractivity contribution in [2.24, 2.45) is 0 Å². The summed E-state index contributed by atoms with van der Waals surface area (Å²) in [5, 5.41) is 9.28. The number of hydrogen-bond donors (Lipinski definition) is 1. The molecule has 0 amide bonds. The highest BCUT2D eigenvalue weighted by Crippen LogP contribution is 2.23. The van der Waals surface area contributed by atoms with E-state index in [0.717, 1.165) is 28.9 Å². The fourth-order valence-electron chi connectivity index (χ4n) is 1.52. The van der Waals surface area contributed by atoms with Crippen molar-refractivity contribution in [2.75, 3.05) is 31.7 Å². The lowest BCUT2D eigenvalue weighted by molar-refractivity contribution is 0.154. The van der Waals surface area contributed by atoms with Crippen LogP contribution in [0.1, 0.15) is 12.5 Å². The molecule has 0 saturated carbocycles. The van der Waals surface area contributed by atoms with Crippen molar-refractivity contribution in [1.82, 2.24) is 0 Å². The molecule has 0 bridgehead atoms. The third-order valence-electron chi connectivity index (χ3n) is 2.40. The van der Waals surface area contributed by atoms with E-state index in [0.29, 0.717) is 6.61 Å². The second-order valence-electron chi connectivity index (χ2n) is 3.55. The average molecular weight is 288 g/mol. The van der Waals surface area contributed by atoms with Crippen LogP contribution in [0.3, 0.4) is 0 Å². The Morgan fingerprint density at radius 1 is 1.44 bits per heavy atom. The first-order chi connectivity index (χ1) is 7.69. The molecule has 1 N–H and O–H groups in total. The van der Waals surface area contributed by atoms with Crippen LogP contribution in [0.15, 0.2) is 22.7 Å². The molecule has 1 aromatic rings. The van der Waals surface area contributed by atoms with E-state index in [-0.39, 0.29) is 6.61 Å². The number of benzene rings is 1. The number of halogens is 1. The number of aliphatic hydroxyl groups is 1. The number of ether oxygens (including phenoxy) is 1. The highest BCUT2D eigenvalue weighted by atomic mass is 79.9. The minimum atomic E-state index is 0.0494. The molecule has 0 aromatic heterocycles. The number of anilines is 1. The minimum Gasteiger partial charge on any atom is -0.392 e. The predicted molar refractivity (Wildman–Crippen MR) is 69.8 cm³/mol. The van der Waals surface area contributed by atoms with Crippen molar-refractivity contribution in [3.8, 4) is 0 Å². The Hall–Kier alpha value is -0.580. The van der Waals surface area contributed by atoms with Gasteiger partial charge in [-0.3, -0.25) is 0 Å². The Morgan fingerprint density at radius 3 is 2.81 bits per heavy atom. The van der Waals surface area contributed by atoms with E-state index in [2.05, 4.69) is 20.8 Å². The van der Waals surface area contributed by atoms with Gasteiger partial charge in [-0.25, -0.2) is 0 Å². The predicted octanol–water partition coefficient (Wildman–Crippen LogP) is 2.41. The van der Waals surface area contributed by atoms with Gasteiger partial charge in [0.05, 0.1) is 13.2 Å². The third kappa shape index (κ3) is 3.77. The zero-order valence-electron chi connectivity index (χ0n) is 9.74. The number of aliphatic hydroxyl groups excluding tert-OH is 1. The largest absolute Gasteiger partial charge is 0.392 e. The first-order valence-electron chi connectivity index (χ1n) is 5.37. The molecule has 0 aliphatic carbocycles. The van der Waals surface area contributed by atoms with Gasteiger partial charge in [-0.05, 0) is 25.1 Å². The molecule has 0 radical (unpaired) electrons. The smallest absolute Gasteiger partial charge is 0.0702 e. The molecule has 0 spiro atoms. The molecule has 90 valence electrons. The average Bonchev–Trinajstić information content (AvgIpc) is 2.29. The quantitative estimate of drug-likeness (QED) is 0.816. The summed E-state index contributed by atoms with van der Waals surface area (Å²) in [7, 11) is 2.00. The Balaban J connectivity index is 2.70. The van der Waals surface area contributed by atoms with Crippen LogP contribution in [0.4, 0.5) is 5.69 Å². The molecule has 1 rings (SSSR count). The maximum Gasteiger partial charge on any atom is 0.0702 e. The summed E-state index contributed by atoms with van der Waals surface area (Å²) in [6.07, 6.45) is 0. The maximum atomic E-state index is 9.28. The van der Waals surface area contributed by atoms with Crippen LogP contribution in [0.2, 0.25) is 0 Å². The summed E-state index contributed by atoms with van der Waals surface area (Å²) < 4.78 is 6.29. The van der Waals surface area contributed by atoms with Gasteiger partial charge in [0, 0.05) is 35.9 Å². The van der Waals surface area contributed by atoms with Gasteiger partial charge >= 0.3 is 0 Å². The van der Waals surface area contributed by atoms with Crippen molar-refractivity contribution < 1.29 is 9.84 Å². The van der Waals surface area contributed by atoms with Gasteiger partial charge in [0.25, 0.3) is 0 Å². The molecule has 0 fully saturated rings. The Kier molecular flexibility index (Phi) is 5.80. The van der Waals surface area contributed by atoms with E-state index in [4.69, 9.17) is 4.74 Å². The molecule has 16 heavy (non-hydrogen) atoms. The Bertz CT molecular complexity index is 331. The number of likely N-dealkylation sites (N-methyl/N-ethyl adjacent to an activating group) is 1. The van der Waals surface area contributed by atoms with Crippen molar-refractivity contribution in [3.05, 3.63) is 28.2 Å². The minimum absolute atomic E-state index is 0.0494. The first kappa shape index (κ1) is 13.5. The van der Waals surface area contributed by atoms with Crippen LogP contribution in [0.5, 0.6) is 0 Å². The van der Waals surface area contributed by atoms with Gasteiger partial charge in [0.2, 0.25) is 0 Å². The van der Waals surface area contributed by atoms with Gasteiger partial charge in [-0.1, -0.05) is 15.9 Å². The first-order valence-corrected chi connectivity index (χ1v) is 6.16. The summed E-state index contributed by atoms with van der Waals surface area (Å²) in [6.45, 7) is 4.30. The van der Waals surface area contributed by atoms with Crippen molar-refractivity contribution in [1.29, 1.82) is 0 Å². The molecule has 0 atom stereocenters. The third-order valence-corrected chi connectivity index (χ3v) is 2.89. The van der Waals surface area contributed by atoms with Gasteiger partial charge < -0.3 is 14.7 Å².